The van der Waals surface area contributed by atoms with Gasteiger partial charge in [-0.1, -0.05) is 35.3 Å². The van der Waals surface area contributed by atoms with E-state index in [9.17, 15) is 18.0 Å². The summed E-state index contributed by atoms with van der Waals surface area (Å²) in [6, 6.07) is 11.1. The summed E-state index contributed by atoms with van der Waals surface area (Å²) in [6.07, 6.45) is 0.213. The summed E-state index contributed by atoms with van der Waals surface area (Å²) in [5, 5.41) is 6.16. The van der Waals surface area contributed by atoms with Crippen molar-refractivity contribution in [3.05, 3.63) is 63.6 Å². The summed E-state index contributed by atoms with van der Waals surface area (Å²) in [6.45, 7) is 1.97. The first-order chi connectivity index (χ1) is 14.7. The van der Waals surface area contributed by atoms with E-state index in [1.54, 1.807) is 23.1 Å². The van der Waals surface area contributed by atoms with Gasteiger partial charge in [-0.2, -0.15) is 0 Å². The lowest BCUT2D eigenvalue weighted by Gasteiger charge is -2.14. The van der Waals surface area contributed by atoms with Crippen LogP contribution in [0.4, 0.5) is 10.5 Å². The molecule has 3 amide bonds. The minimum absolute atomic E-state index is 0.136. The van der Waals surface area contributed by atoms with Gasteiger partial charge >= 0.3 is 6.03 Å². The van der Waals surface area contributed by atoms with Crippen molar-refractivity contribution in [3.63, 3.8) is 0 Å². The number of anilines is 1. The van der Waals surface area contributed by atoms with Crippen LogP contribution in [0.2, 0.25) is 10.0 Å². The minimum atomic E-state index is -3.62. The van der Waals surface area contributed by atoms with E-state index in [-0.39, 0.29) is 24.1 Å². The smallest absolute Gasteiger partial charge is 0.317 e. The maximum absolute atomic E-state index is 12.4. The normalized spacial score (nSPS) is 13.7. The van der Waals surface area contributed by atoms with Gasteiger partial charge in [0.15, 0.2) is 0 Å². The number of halogens is 2. The highest BCUT2D eigenvalue weighted by Gasteiger charge is 2.19. The van der Waals surface area contributed by atoms with E-state index < -0.39 is 10.0 Å². The van der Waals surface area contributed by atoms with Crippen LogP contribution in [0.5, 0.6) is 0 Å². The Morgan fingerprint density at radius 3 is 2.55 bits per heavy atom. The predicted molar refractivity (Wildman–Crippen MR) is 121 cm³/mol. The quantitative estimate of drug-likeness (QED) is 0.508. The molecule has 11 heteroatoms. The molecule has 3 rings (SSSR count). The van der Waals surface area contributed by atoms with Gasteiger partial charge in [0.25, 0.3) is 5.91 Å². The summed E-state index contributed by atoms with van der Waals surface area (Å²) in [4.78, 5) is 25.3. The molecule has 3 N–H and O–H groups in total. The van der Waals surface area contributed by atoms with Crippen molar-refractivity contribution in [1.29, 1.82) is 0 Å². The number of hydrogen-bond acceptors (Lipinski definition) is 4. The van der Waals surface area contributed by atoms with E-state index in [1.165, 1.54) is 24.3 Å². The molecule has 1 heterocycles. The maximum atomic E-state index is 12.4. The fourth-order valence-corrected chi connectivity index (χ4v) is 4.54. The van der Waals surface area contributed by atoms with Gasteiger partial charge in [-0.15, -0.1) is 0 Å². The van der Waals surface area contributed by atoms with Crippen LogP contribution >= 0.6 is 23.2 Å². The Kier molecular flexibility index (Phi) is 7.64. The summed E-state index contributed by atoms with van der Waals surface area (Å²) >= 11 is 12.1. The topological polar surface area (TPSA) is 108 Å². The molecule has 1 aliphatic rings. The van der Waals surface area contributed by atoms with Crippen molar-refractivity contribution >= 4 is 50.9 Å². The Balaban J connectivity index is 1.50. The molecule has 0 saturated carbocycles. The maximum Gasteiger partial charge on any atom is 0.317 e. The minimum Gasteiger partial charge on any atom is -0.350 e. The number of carbonyl (C=O) groups excluding carboxylic acids is 2. The summed E-state index contributed by atoms with van der Waals surface area (Å²) in [5.74, 6) is -0.469. The van der Waals surface area contributed by atoms with Crippen LogP contribution in [0.15, 0.2) is 42.5 Å². The van der Waals surface area contributed by atoms with Crippen molar-refractivity contribution in [2.75, 3.05) is 36.7 Å². The first kappa shape index (κ1) is 23.2. The van der Waals surface area contributed by atoms with Crippen molar-refractivity contribution in [2.45, 2.75) is 6.42 Å². The van der Waals surface area contributed by atoms with Crippen molar-refractivity contribution < 1.29 is 18.0 Å². The Bertz CT molecular complexity index is 1060. The summed E-state index contributed by atoms with van der Waals surface area (Å²) in [5.41, 5.74) is 1.39. The van der Waals surface area contributed by atoms with Crippen LogP contribution in [-0.4, -0.2) is 57.2 Å². The van der Waals surface area contributed by atoms with Gasteiger partial charge in [-0.05, 0) is 42.3 Å². The van der Waals surface area contributed by atoms with E-state index in [2.05, 4.69) is 15.4 Å². The second-order valence-corrected chi connectivity index (χ2v) is 9.56. The first-order valence-electron chi connectivity index (χ1n) is 9.59. The fraction of sp³-hybridized carbons (Fsp3) is 0.300. The largest absolute Gasteiger partial charge is 0.350 e. The summed E-state index contributed by atoms with van der Waals surface area (Å²) in [7, 11) is -3.62. The highest BCUT2D eigenvalue weighted by Crippen LogP contribution is 2.26. The molecule has 2 aromatic carbocycles. The third kappa shape index (κ3) is 6.49. The van der Waals surface area contributed by atoms with Crippen LogP contribution in [0.3, 0.4) is 0 Å². The Labute approximate surface area is 191 Å². The lowest BCUT2D eigenvalue weighted by atomic mass is 10.2. The highest BCUT2D eigenvalue weighted by atomic mass is 35.5. The molecule has 1 aliphatic heterocycles. The SMILES string of the molecule is O=C(NCCN1CCNC1=O)c1ccc(NS(=O)(=O)CCc2cccc(Cl)c2Cl)cc1. The molecule has 0 bridgehead atoms. The van der Waals surface area contributed by atoms with Gasteiger partial charge in [0.05, 0.1) is 15.8 Å². The van der Waals surface area contributed by atoms with E-state index >= 15 is 0 Å². The van der Waals surface area contributed by atoms with Gasteiger partial charge < -0.3 is 15.5 Å². The predicted octanol–water partition coefficient (Wildman–Crippen LogP) is 2.73. The van der Waals surface area contributed by atoms with Crippen LogP contribution < -0.4 is 15.4 Å². The number of nitrogens with one attached hydrogen (secondary N) is 3. The third-order valence-electron chi connectivity index (χ3n) is 4.70. The second kappa shape index (κ2) is 10.2. The third-order valence-corrected chi connectivity index (χ3v) is 6.85. The van der Waals surface area contributed by atoms with E-state index in [4.69, 9.17) is 23.2 Å². The van der Waals surface area contributed by atoms with E-state index in [1.807, 2.05) is 0 Å². The Morgan fingerprint density at radius 1 is 1.13 bits per heavy atom. The Hall–Kier alpha value is -2.49. The monoisotopic (exact) mass is 484 g/mol. The lowest BCUT2D eigenvalue weighted by Crippen LogP contribution is -2.36. The molecule has 1 saturated heterocycles. The zero-order chi connectivity index (χ0) is 22.4. The van der Waals surface area contributed by atoms with Crippen LogP contribution in [0.25, 0.3) is 0 Å². The molecule has 166 valence electrons. The van der Waals surface area contributed by atoms with E-state index in [0.29, 0.717) is 53.0 Å². The number of hydrogen-bond donors (Lipinski definition) is 3. The zero-order valence-corrected chi connectivity index (χ0v) is 18.9. The average molecular weight is 485 g/mol. The molecular formula is C20H22Cl2N4O4S. The molecule has 0 aromatic heterocycles. The molecule has 0 spiro atoms. The number of urea groups is 1. The molecule has 8 nitrogen and oxygen atoms in total. The lowest BCUT2D eigenvalue weighted by molar-refractivity contribution is 0.0950. The molecule has 1 fully saturated rings. The molecular weight excluding hydrogens is 463 g/mol. The van der Waals surface area contributed by atoms with Crippen molar-refractivity contribution in [2.24, 2.45) is 0 Å². The number of nitrogens with zero attached hydrogens (tertiary/aromatic N) is 1. The highest BCUT2D eigenvalue weighted by molar-refractivity contribution is 7.92. The number of rotatable bonds is 9. The molecule has 31 heavy (non-hydrogen) atoms. The number of benzene rings is 2. The second-order valence-electron chi connectivity index (χ2n) is 6.94. The molecule has 0 aliphatic carbocycles. The fourth-order valence-electron chi connectivity index (χ4n) is 3.04. The van der Waals surface area contributed by atoms with Crippen LogP contribution in [0, 0.1) is 0 Å². The van der Waals surface area contributed by atoms with Crippen LogP contribution in [-0.2, 0) is 16.4 Å². The van der Waals surface area contributed by atoms with Gasteiger partial charge in [0, 0.05) is 37.4 Å². The molecule has 0 radical (unpaired) electrons. The van der Waals surface area contributed by atoms with Crippen molar-refractivity contribution in [1.82, 2.24) is 15.5 Å². The molecule has 2 aromatic rings. The van der Waals surface area contributed by atoms with Gasteiger partial charge in [0.2, 0.25) is 10.0 Å². The molecule has 0 unspecified atom stereocenters. The Morgan fingerprint density at radius 2 is 1.87 bits per heavy atom. The number of carbonyl (C=O) groups is 2. The first-order valence-corrected chi connectivity index (χ1v) is 12.0. The average Bonchev–Trinajstić information content (AvgIpc) is 3.14. The van der Waals surface area contributed by atoms with Gasteiger partial charge in [-0.25, -0.2) is 13.2 Å². The van der Waals surface area contributed by atoms with Crippen LogP contribution in [0.1, 0.15) is 15.9 Å². The summed E-state index contributed by atoms with van der Waals surface area (Å²) < 4.78 is 27.2. The number of sulfonamides is 1. The van der Waals surface area contributed by atoms with Gasteiger partial charge in [0.1, 0.15) is 0 Å². The number of aryl methyl sites for hydroxylation is 1. The van der Waals surface area contributed by atoms with Crippen molar-refractivity contribution in [3.8, 4) is 0 Å². The standard InChI is InChI=1S/C20H22Cl2N4O4S/c21-17-3-1-2-14(18(17)22)8-13-31(29,30)25-16-6-4-15(5-7-16)19(27)23-9-11-26-12-10-24-20(26)28/h1-7,25H,8-13H2,(H,23,27)(H,24,28). The van der Waals surface area contributed by atoms with E-state index in [0.717, 1.165) is 0 Å². The zero-order valence-electron chi connectivity index (χ0n) is 16.5. The van der Waals surface area contributed by atoms with Gasteiger partial charge in [-0.3, -0.25) is 9.52 Å². The molecule has 0 atom stereocenters. The number of amides is 3.